The number of hydrogen-bond acceptors (Lipinski definition) is 5. The standard InChI is InChI=1S/C23H32N6O2/c1-24-23(26-16-22(30)28(2)14-11-18-8-6-7-13-25-18)27-19-12-15-29(17-19)20-9-4-5-10-21(20)31-3/h4-10,13,19H,11-12,14-17H2,1-3H3,(H2,24,26,27). The first-order valence-corrected chi connectivity index (χ1v) is 10.6. The Morgan fingerprint density at radius 2 is 2.10 bits per heavy atom. The van der Waals surface area contributed by atoms with Crippen molar-refractivity contribution >= 4 is 17.6 Å². The van der Waals surface area contributed by atoms with Crippen molar-refractivity contribution < 1.29 is 9.53 Å². The van der Waals surface area contributed by atoms with Crippen LogP contribution in [-0.2, 0) is 11.2 Å². The SMILES string of the molecule is CN=C(NCC(=O)N(C)CCc1ccccn1)NC1CCN(c2ccccc2OC)C1. The number of rotatable bonds is 8. The molecule has 8 heteroatoms. The Labute approximate surface area is 184 Å². The maximum Gasteiger partial charge on any atom is 0.241 e. The predicted molar refractivity (Wildman–Crippen MR) is 124 cm³/mol. The second-order valence-electron chi connectivity index (χ2n) is 7.56. The molecule has 0 saturated carbocycles. The Balaban J connectivity index is 1.43. The van der Waals surface area contributed by atoms with Gasteiger partial charge in [0, 0.05) is 58.1 Å². The number of pyridine rings is 1. The number of guanidine groups is 1. The number of anilines is 1. The summed E-state index contributed by atoms with van der Waals surface area (Å²) >= 11 is 0. The van der Waals surface area contributed by atoms with E-state index in [1.165, 1.54) is 0 Å². The summed E-state index contributed by atoms with van der Waals surface area (Å²) in [6, 6.07) is 14.1. The first kappa shape index (κ1) is 22.4. The molecule has 0 spiro atoms. The highest BCUT2D eigenvalue weighted by Gasteiger charge is 2.25. The smallest absolute Gasteiger partial charge is 0.241 e. The minimum atomic E-state index is 0.0148. The molecule has 3 rings (SSSR count). The molecule has 1 unspecified atom stereocenters. The molecule has 2 N–H and O–H groups in total. The van der Waals surface area contributed by atoms with E-state index in [2.05, 4.69) is 31.6 Å². The van der Waals surface area contributed by atoms with Gasteiger partial charge in [-0.15, -0.1) is 0 Å². The van der Waals surface area contributed by atoms with E-state index in [0.717, 1.165) is 43.1 Å². The van der Waals surface area contributed by atoms with Gasteiger partial charge in [0.1, 0.15) is 5.75 Å². The normalized spacial score (nSPS) is 16.2. The largest absolute Gasteiger partial charge is 0.495 e. The van der Waals surface area contributed by atoms with Crippen LogP contribution in [0.25, 0.3) is 0 Å². The molecular formula is C23H32N6O2. The summed E-state index contributed by atoms with van der Waals surface area (Å²) in [6.45, 7) is 2.60. The maximum atomic E-state index is 12.5. The molecule has 1 aliphatic rings. The monoisotopic (exact) mass is 424 g/mol. The Kier molecular flexibility index (Phi) is 8.09. The van der Waals surface area contributed by atoms with E-state index in [1.54, 1.807) is 25.3 Å². The zero-order valence-corrected chi connectivity index (χ0v) is 18.5. The van der Waals surface area contributed by atoms with Crippen LogP contribution in [-0.4, -0.2) is 75.2 Å². The Hall–Kier alpha value is -3.29. The molecule has 0 radical (unpaired) electrons. The second kappa shape index (κ2) is 11.2. The fourth-order valence-electron chi connectivity index (χ4n) is 3.62. The highest BCUT2D eigenvalue weighted by atomic mass is 16.5. The summed E-state index contributed by atoms with van der Waals surface area (Å²) in [4.78, 5) is 25.1. The fourth-order valence-corrected chi connectivity index (χ4v) is 3.62. The summed E-state index contributed by atoms with van der Waals surface area (Å²) in [7, 11) is 5.23. The molecule has 166 valence electrons. The first-order chi connectivity index (χ1) is 15.1. The molecule has 8 nitrogen and oxygen atoms in total. The van der Waals surface area contributed by atoms with Gasteiger partial charge in [-0.25, -0.2) is 0 Å². The average Bonchev–Trinajstić information content (AvgIpc) is 3.28. The highest BCUT2D eigenvalue weighted by Crippen LogP contribution is 2.30. The molecule has 2 heterocycles. The van der Waals surface area contributed by atoms with E-state index in [-0.39, 0.29) is 18.5 Å². The number of nitrogens with one attached hydrogen (secondary N) is 2. The van der Waals surface area contributed by atoms with E-state index >= 15 is 0 Å². The number of ether oxygens (including phenoxy) is 1. The van der Waals surface area contributed by atoms with Crippen LogP contribution in [0.15, 0.2) is 53.7 Å². The van der Waals surface area contributed by atoms with Crippen LogP contribution in [0.4, 0.5) is 5.69 Å². The summed E-state index contributed by atoms with van der Waals surface area (Å²) in [5, 5.41) is 6.57. The van der Waals surface area contributed by atoms with Crippen LogP contribution in [0.5, 0.6) is 5.75 Å². The lowest BCUT2D eigenvalue weighted by Crippen LogP contribution is -2.48. The van der Waals surface area contributed by atoms with E-state index in [4.69, 9.17) is 4.74 Å². The predicted octanol–water partition coefficient (Wildman–Crippen LogP) is 1.54. The minimum Gasteiger partial charge on any atom is -0.495 e. The summed E-state index contributed by atoms with van der Waals surface area (Å²) in [5.41, 5.74) is 2.08. The van der Waals surface area contributed by atoms with Gasteiger partial charge in [0.15, 0.2) is 5.96 Å². The van der Waals surface area contributed by atoms with E-state index in [1.807, 2.05) is 43.4 Å². The highest BCUT2D eigenvalue weighted by molar-refractivity contribution is 5.86. The zero-order chi connectivity index (χ0) is 22.1. The molecule has 1 aliphatic heterocycles. The summed E-state index contributed by atoms with van der Waals surface area (Å²) < 4.78 is 5.49. The molecule has 1 atom stereocenters. The number of benzene rings is 1. The van der Waals surface area contributed by atoms with Gasteiger partial charge in [0.2, 0.25) is 5.91 Å². The Bertz CT molecular complexity index is 873. The number of amides is 1. The topological polar surface area (TPSA) is 82.1 Å². The van der Waals surface area contributed by atoms with Gasteiger partial charge in [0.25, 0.3) is 0 Å². The molecule has 1 aromatic carbocycles. The van der Waals surface area contributed by atoms with E-state index in [9.17, 15) is 4.79 Å². The van der Waals surface area contributed by atoms with Crippen LogP contribution in [0.1, 0.15) is 12.1 Å². The lowest BCUT2D eigenvalue weighted by molar-refractivity contribution is -0.128. The molecule has 1 fully saturated rings. The Morgan fingerprint density at radius 1 is 1.29 bits per heavy atom. The van der Waals surface area contributed by atoms with E-state index in [0.29, 0.717) is 12.5 Å². The fraction of sp³-hybridized carbons (Fsp3) is 0.435. The molecule has 0 bridgehead atoms. The van der Waals surface area contributed by atoms with Crippen molar-refractivity contribution in [1.29, 1.82) is 0 Å². The Morgan fingerprint density at radius 3 is 2.84 bits per heavy atom. The second-order valence-corrected chi connectivity index (χ2v) is 7.56. The van der Waals surface area contributed by atoms with Gasteiger partial charge in [-0.1, -0.05) is 18.2 Å². The van der Waals surface area contributed by atoms with Crippen LogP contribution in [0, 0.1) is 0 Å². The lowest BCUT2D eigenvalue weighted by atomic mass is 10.2. The van der Waals surface area contributed by atoms with Crippen molar-refractivity contribution in [2.75, 3.05) is 52.3 Å². The molecule has 1 amide bonds. The first-order valence-electron chi connectivity index (χ1n) is 10.6. The van der Waals surface area contributed by atoms with Crippen molar-refractivity contribution in [3.63, 3.8) is 0 Å². The minimum absolute atomic E-state index is 0.0148. The van der Waals surface area contributed by atoms with Crippen molar-refractivity contribution in [3.05, 3.63) is 54.4 Å². The number of hydrogen-bond donors (Lipinski definition) is 2. The van der Waals surface area contributed by atoms with Crippen molar-refractivity contribution in [2.45, 2.75) is 18.9 Å². The zero-order valence-electron chi connectivity index (χ0n) is 18.5. The number of aliphatic imine (C=N–C) groups is 1. The number of likely N-dealkylation sites (N-methyl/N-ethyl adjacent to an activating group) is 1. The van der Waals surface area contributed by atoms with Crippen molar-refractivity contribution in [1.82, 2.24) is 20.5 Å². The lowest BCUT2D eigenvalue weighted by Gasteiger charge is -2.22. The van der Waals surface area contributed by atoms with Gasteiger partial charge in [-0.3, -0.25) is 14.8 Å². The van der Waals surface area contributed by atoms with Gasteiger partial charge in [-0.2, -0.15) is 0 Å². The van der Waals surface area contributed by atoms with Crippen LogP contribution in [0.2, 0.25) is 0 Å². The van der Waals surface area contributed by atoms with Crippen LogP contribution >= 0.6 is 0 Å². The molecule has 1 aromatic heterocycles. The number of carbonyl (C=O) groups is 1. The average molecular weight is 425 g/mol. The molecular weight excluding hydrogens is 392 g/mol. The van der Waals surface area contributed by atoms with E-state index < -0.39 is 0 Å². The van der Waals surface area contributed by atoms with Gasteiger partial charge in [-0.05, 0) is 30.7 Å². The van der Waals surface area contributed by atoms with Crippen LogP contribution in [0.3, 0.4) is 0 Å². The van der Waals surface area contributed by atoms with Gasteiger partial charge >= 0.3 is 0 Å². The van der Waals surface area contributed by atoms with Crippen molar-refractivity contribution in [2.24, 2.45) is 4.99 Å². The molecule has 31 heavy (non-hydrogen) atoms. The number of nitrogens with zero attached hydrogens (tertiary/aromatic N) is 4. The number of para-hydroxylation sites is 2. The molecule has 2 aromatic rings. The number of methoxy groups -OCH3 is 1. The van der Waals surface area contributed by atoms with Gasteiger partial charge in [0.05, 0.1) is 19.3 Å². The van der Waals surface area contributed by atoms with Gasteiger partial charge < -0.3 is 25.2 Å². The number of carbonyl (C=O) groups excluding carboxylic acids is 1. The van der Waals surface area contributed by atoms with Crippen LogP contribution < -0.4 is 20.3 Å². The maximum absolute atomic E-state index is 12.5. The third-order valence-electron chi connectivity index (χ3n) is 5.44. The third kappa shape index (κ3) is 6.34. The van der Waals surface area contributed by atoms with Crippen molar-refractivity contribution in [3.8, 4) is 5.75 Å². The molecule has 1 saturated heterocycles. The summed E-state index contributed by atoms with van der Waals surface area (Å²) in [5.74, 6) is 1.53. The summed E-state index contributed by atoms with van der Waals surface area (Å²) in [6.07, 6.45) is 3.49. The quantitative estimate of drug-likeness (QED) is 0.494. The molecule has 0 aliphatic carbocycles. The number of aromatic nitrogens is 1. The third-order valence-corrected chi connectivity index (χ3v) is 5.44.